The third-order valence-electron chi connectivity index (χ3n) is 4.47. The van der Waals surface area contributed by atoms with Crippen molar-refractivity contribution in [3.8, 4) is 33.4 Å². The van der Waals surface area contributed by atoms with E-state index in [2.05, 4.69) is 4.74 Å². The number of ether oxygens (including phenoxy) is 2. The smallest absolute Gasteiger partial charge is 0.330 e. The maximum Gasteiger partial charge on any atom is 0.330 e. The van der Waals surface area contributed by atoms with Crippen LogP contribution in [0.4, 0.5) is 0 Å². The van der Waals surface area contributed by atoms with Crippen LogP contribution in [0.25, 0.3) is 26.6 Å². The van der Waals surface area contributed by atoms with Gasteiger partial charge in [0.1, 0.15) is 17.2 Å². The summed E-state index contributed by atoms with van der Waals surface area (Å²) < 4.78 is 11.7. The minimum atomic E-state index is -0.415. The van der Waals surface area contributed by atoms with Crippen LogP contribution >= 0.6 is 11.3 Å². The quantitative estimate of drug-likeness (QED) is 0.309. The Morgan fingerprint density at radius 2 is 1.63 bits per heavy atom. The van der Waals surface area contributed by atoms with Crippen LogP contribution < -0.4 is 4.74 Å². The van der Waals surface area contributed by atoms with Gasteiger partial charge < -0.3 is 19.7 Å². The van der Waals surface area contributed by atoms with Crippen LogP contribution in [-0.2, 0) is 9.53 Å². The summed E-state index contributed by atoms with van der Waals surface area (Å²) in [5.74, 6) is 1.28. The summed E-state index contributed by atoms with van der Waals surface area (Å²) in [6.07, 6.45) is 3.03. The number of methoxy groups -OCH3 is 1. The van der Waals surface area contributed by atoms with Crippen LogP contribution in [0.15, 0.2) is 72.8 Å². The van der Waals surface area contributed by atoms with Gasteiger partial charge in [0.2, 0.25) is 0 Å². The molecule has 0 saturated carbocycles. The van der Waals surface area contributed by atoms with Crippen LogP contribution in [-0.4, -0.2) is 23.3 Å². The van der Waals surface area contributed by atoms with E-state index in [0.717, 1.165) is 26.1 Å². The number of fused-ring (bicyclic) bond motifs is 1. The van der Waals surface area contributed by atoms with E-state index in [0.29, 0.717) is 11.5 Å². The number of carbonyl (C=O) groups excluding carboxylic acids is 1. The Morgan fingerprint density at radius 3 is 2.33 bits per heavy atom. The van der Waals surface area contributed by atoms with E-state index in [9.17, 15) is 15.0 Å². The van der Waals surface area contributed by atoms with Crippen molar-refractivity contribution < 1.29 is 24.5 Å². The van der Waals surface area contributed by atoms with Gasteiger partial charge in [-0.1, -0.05) is 12.1 Å². The Bertz CT molecular complexity index is 1220. The standard InChI is InChI=1S/C24H18O5S/c1-28-22(27)13-4-15-2-10-19(11-3-15)29-23-20-12-9-18(26)14-21(20)30-24(23)16-5-7-17(25)8-6-16/h2-14,25-26H,1H3. The van der Waals surface area contributed by atoms with Crippen molar-refractivity contribution >= 4 is 33.5 Å². The van der Waals surface area contributed by atoms with E-state index >= 15 is 0 Å². The molecule has 3 aromatic carbocycles. The van der Waals surface area contributed by atoms with Gasteiger partial charge in [-0.2, -0.15) is 0 Å². The van der Waals surface area contributed by atoms with Crippen molar-refractivity contribution in [2.45, 2.75) is 0 Å². The first-order valence-corrected chi connectivity index (χ1v) is 9.94. The van der Waals surface area contributed by atoms with Gasteiger partial charge in [0, 0.05) is 16.2 Å². The molecule has 0 bridgehead atoms. The lowest BCUT2D eigenvalue weighted by Crippen LogP contribution is -1.93. The molecule has 1 heterocycles. The number of hydrogen-bond acceptors (Lipinski definition) is 6. The molecule has 150 valence electrons. The molecule has 0 fully saturated rings. The van der Waals surface area contributed by atoms with Crippen LogP contribution in [0.3, 0.4) is 0 Å². The second-order valence-corrected chi connectivity index (χ2v) is 7.57. The summed E-state index contributed by atoms with van der Waals surface area (Å²) in [6.45, 7) is 0. The van der Waals surface area contributed by atoms with Gasteiger partial charge in [0.15, 0.2) is 5.75 Å². The normalized spacial score (nSPS) is 11.1. The fourth-order valence-electron chi connectivity index (χ4n) is 2.96. The van der Waals surface area contributed by atoms with E-state index < -0.39 is 5.97 Å². The van der Waals surface area contributed by atoms with E-state index in [1.165, 1.54) is 24.5 Å². The van der Waals surface area contributed by atoms with Crippen LogP contribution in [0, 0.1) is 0 Å². The summed E-state index contributed by atoms with van der Waals surface area (Å²) >= 11 is 1.50. The Morgan fingerprint density at radius 1 is 0.933 bits per heavy atom. The third-order valence-corrected chi connectivity index (χ3v) is 5.65. The molecule has 6 heteroatoms. The summed E-state index contributed by atoms with van der Waals surface area (Å²) in [5, 5.41) is 20.4. The Hall–Kier alpha value is -3.77. The second-order valence-electron chi connectivity index (χ2n) is 6.52. The minimum absolute atomic E-state index is 0.189. The summed E-state index contributed by atoms with van der Waals surface area (Å²) in [7, 11) is 1.33. The number of thiophene rings is 1. The molecule has 5 nitrogen and oxygen atoms in total. The first-order chi connectivity index (χ1) is 14.5. The monoisotopic (exact) mass is 418 g/mol. The highest BCUT2D eigenvalue weighted by atomic mass is 32.1. The zero-order valence-electron chi connectivity index (χ0n) is 16.0. The molecule has 0 unspecified atom stereocenters. The van der Waals surface area contributed by atoms with E-state index in [1.807, 2.05) is 42.5 Å². The molecule has 0 radical (unpaired) electrons. The number of carbonyl (C=O) groups is 1. The fourth-order valence-corrected chi connectivity index (χ4v) is 4.13. The number of phenols is 2. The molecule has 30 heavy (non-hydrogen) atoms. The molecule has 0 aliphatic heterocycles. The van der Waals surface area contributed by atoms with Gasteiger partial charge in [0.05, 0.1) is 12.0 Å². The van der Waals surface area contributed by atoms with Gasteiger partial charge in [-0.15, -0.1) is 11.3 Å². The largest absolute Gasteiger partial charge is 0.508 e. The lowest BCUT2D eigenvalue weighted by molar-refractivity contribution is -0.134. The molecule has 4 rings (SSSR count). The summed E-state index contributed by atoms with van der Waals surface area (Å²) in [6, 6.07) is 19.4. The van der Waals surface area contributed by atoms with Crippen molar-refractivity contribution in [1.29, 1.82) is 0 Å². The van der Waals surface area contributed by atoms with Gasteiger partial charge >= 0.3 is 5.97 Å². The summed E-state index contributed by atoms with van der Waals surface area (Å²) in [4.78, 5) is 12.1. The first-order valence-electron chi connectivity index (χ1n) is 9.12. The number of rotatable bonds is 5. The zero-order valence-corrected chi connectivity index (χ0v) is 16.8. The van der Waals surface area contributed by atoms with Crippen LogP contribution in [0.2, 0.25) is 0 Å². The highest BCUT2D eigenvalue weighted by Gasteiger charge is 2.17. The topological polar surface area (TPSA) is 76.0 Å². The van der Waals surface area contributed by atoms with Crippen molar-refractivity contribution in [1.82, 2.24) is 0 Å². The van der Waals surface area contributed by atoms with Crippen molar-refractivity contribution in [3.05, 3.63) is 78.4 Å². The maximum absolute atomic E-state index is 11.2. The van der Waals surface area contributed by atoms with Crippen molar-refractivity contribution in [2.24, 2.45) is 0 Å². The minimum Gasteiger partial charge on any atom is -0.508 e. The Labute approximate surface area is 177 Å². The van der Waals surface area contributed by atoms with Crippen LogP contribution in [0.1, 0.15) is 5.56 Å². The maximum atomic E-state index is 11.2. The predicted octanol–water partition coefficient (Wildman–Crippen LogP) is 5.96. The molecular formula is C24H18O5S. The zero-order chi connectivity index (χ0) is 21.1. The average molecular weight is 418 g/mol. The number of esters is 1. The number of aromatic hydroxyl groups is 2. The lowest BCUT2D eigenvalue weighted by Gasteiger charge is -2.09. The molecule has 0 atom stereocenters. The lowest BCUT2D eigenvalue weighted by atomic mass is 10.1. The highest BCUT2D eigenvalue weighted by molar-refractivity contribution is 7.22. The molecular weight excluding hydrogens is 400 g/mol. The number of phenolic OH excluding ortho intramolecular Hbond substituents is 2. The molecule has 2 N–H and O–H groups in total. The molecule has 0 saturated heterocycles. The van der Waals surface area contributed by atoms with E-state index in [4.69, 9.17) is 4.74 Å². The molecule has 0 aliphatic carbocycles. The molecule has 0 amide bonds. The van der Waals surface area contributed by atoms with E-state index in [1.54, 1.807) is 30.3 Å². The van der Waals surface area contributed by atoms with E-state index in [-0.39, 0.29) is 11.5 Å². The Balaban J connectivity index is 1.71. The fraction of sp³-hybridized carbons (Fsp3) is 0.0417. The molecule has 0 spiro atoms. The Kier molecular flexibility index (Phi) is 5.41. The summed E-state index contributed by atoms with van der Waals surface area (Å²) in [5.41, 5.74) is 1.74. The SMILES string of the molecule is COC(=O)C=Cc1ccc(Oc2c(-c3ccc(O)cc3)sc3cc(O)ccc23)cc1. The number of benzene rings is 3. The third kappa shape index (κ3) is 4.14. The van der Waals surface area contributed by atoms with Crippen molar-refractivity contribution in [3.63, 3.8) is 0 Å². The van der Waals surface area contributed by atoms with Crippen LogP contribution in [0.5, 0.6) is 23.0 Å². The van der Waals surface area contributed by atoms with Gasteiger partial charge in [0.25, 0.3) is 0 Å². The average Bonchev–Trinajstić information content (AvgIpc) is 3.10. The van der Waals surface area contributed by atoms with Gasteiger partial charge in [-0.05, 0) is 71.8 Å². The van der Waals surface area contributed by atoms with Gasteiger partial charge in [-0.3, -0.25) is 0 Å². The number of hydrogen-bond donors (Lipinski definition) is 2. The highest BCUT2D eigenvalue weighted by Crippen LogP contribution is 2.47. The first kappa shape index (κ1) is 19.5. The van der Waals surface area contributed by atoms with Crippen molar-refractivity contribution in [2.75, 3.05) is 7.11 Å². The molecule has 4 aromatic rings. The van der Waals surface area contributed by atoms with Gasteiger partial charge in [-0.25, -0.2) is 4.79 Å². The molecule has 0 aliphatic rings. The predicted molar refractivity (Wildman–Crippen MR) is 118 cm³/mol. The molecule has 1 aromatic heterocycles. The second kappa shape index (κ2) is 8.31.